The van der Waals surface area contributed by atoms with Gasteiger partial charge in [0.05, 0.1) is 30.5 Å². The molecule has 2 N–H and O–H groups in total. The molecule has 3 aliphatic rings. The van der Waals surface area contributed by atoms with Gasteiger partial charge >= 0.3 is 6.09 Å². The van der Waals surface area contributed by atoms with Crippen LogP contribution in [0.2, 0.25) is 0 Å². The van der Waals surface area contributed by atoms with Crippen molar-refractivity contribution in [3.8, 4) is 35.5 Å². The Hall–Kier alpha value is -5.14. The minimum absolute atomic E-state index is 0.00229. The van der Waals surface area contributed by atoms with Gasteiger partial charge in [0.1, 0.15) is 12.7 Å². The van der Waals surface area contributed by atoms with Gasteiger partial charge in [-0.15, -0.1) is 0 Å². The molecule has 5 rings (SSSR count). The van der Waals surface area contributed by atoms with Gasteiger partial charge in [-0.3, -0.25) is 0 Å². The predicted molar refractivity (Wildman–Crippen MR) is 132 cm³/mol. The maximum atomic E-state index is 13.0. The maximum absolute atomic E-state index is 13.0. The molecule has 38 heavy (non-hydrogen) atoms. The Morgan fingerprint density at radius 2 is 1.95 bits per heavy atom. The first-order valence-corrected chi connectivity index (χ1v) is 11.8. The number of nitriles is 3. The van der Waals surface area contributed by atoms with Crippen LogP contribution in [0.5, 0.6) is 17.2 Å². The number of rotatable bonds is 4. The van der Waals surface area contributed by atoms with Crippen molar-refractivity contribution in [3.05, 3.63) is 76.5 Å². The van der Waals surface area contributed by atoms with Crippen LogP contribution in [0.15, 0.2) is 65.4 Å². The van der Waals surface area contributed by atoms with Crippen molar-refractivity contribution in [1.29, 1.82) is 15.8 Å². The van der Waals surface area contributed by atoms with Crippen molar-refractivity contribution >= 4 is 6.09 Å². The number of nitrogens with zero attached hydrogens (tertiary/aromatic N) is 4. The van der Waals surface area contributed by atoms with E-state index in [1.807, 2.05) is 30.3 Å². The third-order valence-electron chi connectivity index (χ3n) is 7.17. The van der Waals surface area contributed by atoms with Crippen LogP contribution in [0.1, 0.15) is 17.0 Å². The molecule has 2 heterocycles. The van der Waals surface area contributed by atoms with E-state index in [0.717, 1.165) is 5.56 Å². The van der Waals surface area contributed by atoms with Gasteiger partial charge < -0.3 is 29.6 Å². The molecule has 2 aromatic carbocycles. The van der Waals surface area contributed by atoms with Gasteiger partial charge in [0.25, 0.3) is 0 Å². The molecule has 0 fully saturated rings. The molecule has 0 saturated carbocycles. The molecular formula is C28H23N5O5. The number of carbonyl (C=O) groups excluding carboxylic acids is 1. The number of benzene rings is 2. The lowest BCUT2D eigenvalue weighted by Gasteiger charge is -2.45. The number of hydrogen-bond acceptors (Lipinski definition) is 9. The topological polar surface area (TPSA) is 155 Å². The highest BCUT2D eigenvalue weighted by molar-refractivity contribution is 5.70. The average molecular weight is 510 g/mol. The standard InChI is InChI=1S/C28H23N5O5/c1-35-22-9-18(10-23-25(22)38-16-37-23)24-21-12-33(27(34)36-13-17-5-3-2-4-6-17)8-7-19(21)20(11-29)26(32)28(24,14-30)15-31/h2-7,9-10,21,24H,8,12-13,16,32H2,1H3/t21-,24+/m1/s1. The molecular weight excluding hydrogens is 486 g/mol. The van der Waals surface area contributed by atoms with E-state index in [0.29, 0.717) is 28.4 Å². The normalized spacial score (nSPS) is 20.8. The largest absolute Gasteiger partial charge is 0.493 e. The van der Waals surface area contributed by atoms with Crippen LogP contribution in [0, 0.1) is 45.3 Å². The van der Waals surface area contributed by atoms with E-state index in [1.165, 1.54) is 12.0 Å². The summed E-state index contributed by atoms with van der Waals surface area (Å²) in [7, 11) is 1.47. The number of fused-ring (bicyclic) bond motifs is 2. The summed E-state index contributed by atoms with van der Waals surface area (Å²) in [6, 6.07) is 18.9. The zero-order valence-electron chi connectivity index (χ0n) is 20.5. The van der Waals surface area contributed by atoms with Crippen LogP contribution >= 0.6 is 0 Å². The summed E-state index contributed by atoms with van der Waals surface area (Å²) in [5.41, 5.74) is 6.43. The molecule has 2 aromatic rings. The van der Waals surface area contributed by atoms with Gasteiger partial charge in [0, 0.05) is 24.9 Å². The SMILES string of the molecule is COc1cc([C@H]2[C@@H]3CN(C(=O)OCc4ccccc4)CC=C3C(C#N)=C(N)C2(C#N)C#N)cc2c1OCO2. The highest BCUT2D eigenvalue weighted by Gasteiger charge is 2.55. The maximum Gasteiger partial charge on any atom is 0.410 e. The molecule has 0 saturated heterocycles. The van der Waals surface area contributed by atoms with E-state index in [2.05, 4.69) is 18.2 Å². The number of carbonyl (C=O) groups is 1. The highest BCUT2D eigenvalue weighted by atomic mass is 16.7. The third-order valence-corrected chi connectivity index (χ3v) is 7.17. The summed E-state index contributed by atoms with van der Waals surface area (Å²) in [5, 5.41) is 30.7. The lowest BCUT2D eigenvalue weighted by atomic mass is 9.58. The van der Waals surface area contributed by atoms with Crippen molar-refractivity contribution in [1.82, 2.24) is 4.90 Å². The summed E-state index contributed by atoms with van der Waals surface area (Å²) in [4.78, 5) is 14.5. The van der Waals surface area contributed by atoms with E-state index in [9.17, 15) is 20.6 Å². The van der Waals surface area contributed by atoms with Crippen molar-refractivity contribution in [2.24, 2.45) is 17.1 Å². The zero-order chi connectivity index (χ0) is 26.9. The molecule has 0 spiro atoms. The van der Waals surface area contributed by atoms with Crippen LogP contribution < -0.4 is 19.9 Å². The second-order valence-electron chi connectivity index (χ2n) is 9.08. The van der Waals surface area contributed by atoms with Crippen LogP contribution in [-0.2, 0) is 11.3 Å². The van der Waals surface area contributed by atoms with Crippen LogP contribution in [0.4, 0.5) is 4.79 Å². The fourth-order valence-corrected chi connectivity index (χ4v) is 5.35. The molecule has 2 aliphatic heterocycles. The van der Waals surface area contributed by atoms with Crippen molar-refractivity contribution in [2.75, 3.05) is 27.0 Å². The van der Waals surface area contributed by atoms with Gasteiger partial charge in [-0.2, -0.15) is 15.8 Å². The van der Waals surface area contributed by atoms with Crippen molar-refractivity contribution in [2.45, 2.75) is 12.5 Å². The van der Waals surface area contributed by atoms with Crippen molar-refractivity contribution in [3.63, 3.8) is 0 Å². The molecule has 1 aliphatic carbocycles. The van der Waals surface area contributed by atoms with E-state index in [-0.39, 0.29) is 37.8 Å². The lowest BCUT2D eigenvalue weighted by molar-refractivity contribution is 0.0898. The molecule has 1 amide bonds. The first-order chi connectivity index (χ1) is 18.5. The number of hydrogen-bond donors (Lipinski definition) is 1. The number of allylic oxidation sites excluding steroid dienone is 2. The monoisotopic (exact) mass is 509 g/mol. The Labute approximate surface area is 219 Å². The molecule has 0 aromatic heterocycles. The van der Waals surface area contributed by atoms with Gasteiger partial charge in [-0.05, 0) is 28.8 Å². The minimum atomic E-state index is -1.89. The van der Waals surface area contributed by atoms with Crippen LogP contribution in [-0.4, -0.2) is 38.0 Å². The fourth-order valence-electron chi connectivity index (χ4n) is 5.35. The van der Waals surface area contributed by atoms with Gasteiger partial charge in [0.2, 0.25) is 12.5 Å². The zero-order valence-corrected chi connectivity index (χ0v) is 20.5. The fraction of sp³-hybridized carbons (Fsp3) is 0.286. The first-order valence-electron chi connectivity index (χ1n) is 11.8. The van der Waals surface area contributed by atoms with Crippen LogP contribution in [0.25, 0.3) is 0 Å². The summed E-state index contributed by atoms with van der Waals surface area (Å²) in [6.45, 7) is 0.375. The van der Waals surface area contributed by atoms with Gasteiger partial charge in [0.15, 0.2) is 16.9 Å². The summed E-state index contributed by atoms with van der Waals surface area (Å²) >= 11 is 0. The number of amides is 1. The Morgan fingerprint density at radius 1 is 1.18 bits per heavy atom. The molecule has 10 nitrogen and oxygen atoms in total. The van der Waals surface area contributed by atoms with Gasteiger partial charge in [-0.25, -0.2) is 4.79 Å². The van der Waals surface area contributed by atoms with E-state index >= 15 is 0 Å². The Kier molecular flexibility index (Phi) is 6.28. The summed E-state index contributed by atoms with van der Waals surface area (Å²) < 4.78 is 22.1. The Balaban J connectivity index is 1.57. The molecule has 2 atom stereocenters. The number of nitrogens with two attached hydrogens (primary N) is 1. The first kappa shape index (κ1) is 24.5. The van der Waals surface area contributed by atoms with E-state index < -0.39 is 23.3 Å². The lowest BCUT2D eigenvalue weighted by Crippen LogP contribution is -2.49. The second kappa shape index (κ2) is 9.72. The smallest absolute Gasteiger partial charge is 0.410 e. The van der Waals surface area contributed by atoms with Gasteiger partial charge in [-0.1, -0.05) is 36.4 Å². The molecule has 0 bridgehead atoms. The third kappa shape index (κ3) is 3.82. The number of methoxy groups -OCH3 is 1. The molecule has 0 radical (unpaired) electrons. The molecule has 190 valence electrons. The Bertz CT molecular complexity index is 1460. The van der Waals surface area contributed by atoms with E-state index in [1.54, 1.807) is 18.2 Å². The van der Waals surface area contributed by atoms with Crippen LogP contribution in [0.3, 0.4) is 0 Å². The number of ether oxygens (including phenoxy) is 4. The van der Waals surface area contributed by atoms with Crippen molar-refractivity contribution < 1.29 is 23.7 Å². The molecule has 0 unspecified atom stereocenters. The summed E-state index contributed by atoms with van der Waals surface area (Å²) in [6.07, 6.45) is 1.19. The average Bonchev–Trinajstić information content (AvgIpc) is 3.44. The quantitative estimate of drug-likeness (QED) is 0.652. The Morgan fingerprint density at radius 3 is 2.63 bits per heavy atom. The minimum Gasteiger partial charge on any atom is -0.493 e. The predicted octanol–water partition coefficient (Wildman–Crippen LogP) is 3.49. The van der Waals surface area contributed by atoms with E-state index in [4.69, 9.17) is 24.7 Å². The second-order valence-corrected chi connectivity index (χ2v) is 9.08. The molecule has 10 heteroatoms. The summed E-state index contributed by atoms with van der Waals surface area (Å²) in [5.74, 6) is -0.279. The highest BCUT2D eigenvalue weighted by Crippen LogP contribution is 2.56.